The monoisotopic (exact) mass is 329 g/mol. The molecule has 0 aliphatic heterocycles. The van der Waals surface area contributed by atoms with Gasteiger partial charge in [0.1, 0.15) is 6.61 Å². The van der Waals surface area contributed by atoms with Gasteiger partial charge in [0.15, 0.2) is 0 Å². The van der Waals surface area contributed by atoms with E-state index >= 15 is 0 Å². The average Bonchev–Trinajstić information content (AvgIpc) is 3.14. The van der Waals surface area contributed by atoms with Gasteiger partial charge >= 0.3 is 0 Å². The van der Waals surface area contributed by atoms with E-state index in [2.05, 4.69) is 32.9 Å². The summed E-state index contributed by atoms with van der Waals surface area (Å²) in [6.07, 6.45) is 4.94. The molecule has 0 radical (unpaired) electrons. The molecule has 0 unspecified atom stereocenters. The van der Waals surface area contributed by atoms with Crippen molar-refractivity contribution in [3.8, 4) is 11.4 Å². The van der Waals surface area contributed by atoms with Crippen LogP contribution in [0.2, 0.25) is 0 Å². The van der Waals surface area contributed by atoms with Crippen molar-refractivity contribution in [2.75, 3.05) is 6.61 Å². The molecule has 1 aliphatic rings. The normalized spacial score (nSPS) is 20.7. The minimum Gasteiger partial charge on any atom is -0.368 e. The quantitative estimate of drug-likeness (QED) is 0.846. The van der Waals surface area contributed by atoms with Crippen LogP contribution in [-0.4, -0.2) is 39.2 Å². The average molecular weight is 329 g/mol. The second-order valence-electron chi connectivity index (χ2n) is 6.32. The molecule has 0 spiro atoms. The molecule has 3 rings (SSSR count). The van der Waals surface area contributed by atoms with Crippen LogP contribution in [0, 0.1) is 5.92 Å². The topological polar surface area (TPSA) is 92.8 Å². The van der Waals surface area contributed by atoms with E-state index in [1.807, 2.05) is 24.3 Å². The number of carbonyl (C=O) groups excluding carboxylic acids is 1. The number of ether oxygens (including phenoxy) is 1. The Hall–Kier alpha value is -2.28. The maximum atomic E-state index is 12.0. The van der Waals surface area contributed by atoms with Gasteiger partial charge in [-0.25, -0.2) is 0 Å². The molecule has 7 nitrogen and oxygen atoms in total. The van der Waals surface area contributed by atoms with Crippen LogP contribution in [0.15, 0.2) is 24.3 Å². The summed E-state index contributed by atoms with van der Waals surface area (Å²) in [4.78, 5) is 12.0. The van der Waals surface area contributed by atoms with E-state index < -0.39 is 0 Å². The van der Waals surface area contributed by atoms with Gasteiger partial charge in [-0.3, -0.25) is 4.79 Å². The molecular formula is C17H23N5O2. The van der Waals surface area contributed by atoms with Crippen molar-refractivity contribution in [1.29, 1.82) is 0 Å². The van der Waals surface area contributed by atoms with Crippen LogP contribution in [0.5, 0.6) is 0 Å². The Balaban J connectivity index is 1.42. The number of nitrogens with zero attached hydrogens (tertiary/aromatic N) is 3. The highest BCUT2D eigenvalue weighted by Gasteiger charge is 2.22. The number of aromatic amines is 1. The predicted octanol–water partition coefficient (Wildman–Crippen LogP) is 2.08. The van der Waals surface area contributed by atoms with E-state index in [1.165, 1.54) is 19.3 Å². The fraction of sp³-hybridized carbons (Fsp3) is 0.529. The first-order valence-corrected chi connectivity index (χ1v) is 8.43. The van der Waals surface area contributed by atoms with Gasteiger partial charge in [0, 0.05) is 12.1 Å². The second-order valence-corrected chi connectivity index (χ2v) is 6.32. The Bertz CT molecular complexity index is 642. The lowest BCUT2D eigenvalue weighted by Crippen LogP contribution is -2.32. The Morgan fingerprint density at radius 3 is 2.79 bits per heavy atom. The van der Waals surface area contributed by atoms with Crippen molar-refractivity contribution in [1.82, 2.24) is 25.9 Å². The number of benzene rings is 1. The predicted molar refractivity (Wildman–Crippen MR) is 88.8 cm³/mol. The van der Waals surface area contributed by atoms with Gasteiger partial charge in [0.25, 0.3) is 0 Å². The molecular weight excluding hydrogens is 306 g/mol. The molecule has 128 valence electrons. The van der Waals surface area contributed by atoms with Crippen LogP contribution >= 0.6 is 0 Å². The zero-order valence-electron chi connectivity index (χ0n) is 13.9. The third kappa shape index (κ3) is 4.38. The molecule has 1 saturated carbocycles. The van der Waals surface area contributed by atoms with Crippen molar-refractivity contribution in [3.05, 3.63) is 29.8 Å². The van der Waals surface area contributed by atoms with Gasteiger partial charge in [0.2, 0.25) is 11.7 Å². The molecule has 7 heteroatoms. The van der Waals surface area contributed by atoms with Crippen molar-refractivity contribution in [3.63, 3.8) is 0 Å². The van der Waals surface area contributed by atoms with Crippen LogP contribution in [0.1, 0.15) is 38.2 Å². The minimum absolute atomic E-state index is 0.0741. The lowest BCUT2D eigenvalue weighted by molar-refractivity contribution is -0.129. The zero-order valence-corrected chi connectivity index (χ0v) is 13.9. The number of hydrogen-bond acceptors (Lipinski definition) is 5. The van der Waals surface area contributed by atoms with Crippen molar-refractivity contribution < 1.29 is 9.53 Å². The van der Waals surface area contributed by atoms with Crippen molar-refractivity contribution in [2.45, 2.75) is 45.3 Å². The second kappa shape index (κ2) is 8.01. The van der Waals surface area contributed by atoms with Crippen LogP contribution in [0.4, 0.5) is 0 Å². The number of rotatable bonds is 6. The van der Waals surface area contributed by atoms with Crippen LogP contribution in [0.25, 0.3) is 11.4 Å². The lowest BCUT2D eigenvalue weighted by Gasteiger charge is -2.28. The molecule has 24 heavy (non-hydrogen) atoms. The summed E-state index contributed by atoms with van der Waals surface area (Å²) in [5.74, 6) is 1.03. The highest BCUT2D eigenvalue weighted by atomic mass is 16.5. The number of carbonyl (C=O) groups is 1. The maximum Gasteiger partial charge on any atom is 0.246 e. The summed E-state index contributed by atoms with van der Waals surface area (Å²) in [5.41, 5.74) is 1.90. The van der Waals surface area contributed by atoms with E-state index in [0.29, 0.717) is 18.3 Å². The Labute approximate surface area is 141 Å². The number of aromatic nitrogens is 4. The van der Waals surface area contributed by atoms with E-state index in [1.54, 1.807) is 0 Å². The maximum absolute atomic E-state index is 12.0. The molecule has 1 amide bonds. The smallest absolute Gasteiger partial charge is 0.246 e. The molecule has 2 aromatic rings. The molecule has 1 aromatic heterocycles. The molecule has 2 atom stereocenters. The zero-order chi connectivity index (χ0) is 16.8. The number of hydrogen-bond donors (Lipinski definition) is 2. The third-order valence-electron chi connectivity index (χ3n) is 4.51. The van der Waals surface area contributed by atoms with Crippen molar-refractivity contribution in [2.24, 2.45) is 5.92 Å². The number of nitrogens with one attached hydrogen (secondary N) is 2. The highest BCUT2D eigenvalue weighted by Crippen LogP contribution is 2.26. The molecule has 1 fully saturated rings. The summed E-state index contributed by atoms with van der Waals surface area (Å²) >= 11 is 0. The van der Waals surface area contributed by atoms with Gasteiger partial charge in [0.05, 0.1) is 6.10 Å². The highest BCUT2D eigenvalue weighted by molar-refractivity contribution is 5.77. The lowest BCUT2D eigenvalue weighted by atomic mass is 9.88. The molecule has 2 N–H and O–H groups in total. The molecule has 1 aliphatic carbocycles. The van der Waals surface area contributed by atoms with Gasteiger partial charge in [-0.2, -0.15) is 5.21 Å². The van der Waals surface area contributed by atoms with Gasteiger partial charge in [-0.1, -0.05) is 44.0 Å². The van der Waals surface area contributed by atoms with Gasteiger partial charge in [-0.05, 0) is 29.5 Å². The third-order valence-corrected chi connectivity index (χ3v) is 4.51. The fourth-order valence-corrected chi connectivity index (χ4v) is 3.02. The Kier molecular flexibility index (Phi) is 5.53. The van der Waals surface area contributed by atoms with E-state index in [9.17, 15) is 4.79 Å². The summed E-state index contributed by atoms with van der Waals surface area (Å²) in [6, 6.07) is 7.70. The number of H-pyrrole nitrogens is 1. The number of amides is 1. The van der Waals surface area contributed by atoms with Crippen molar-refractivity contribution >= 4 is 5.91 Å². The van der Waals surface area contributed by atoms with Gasteiger partial charge in [-0.15, -0.1) is 10.2 Å². The first-order chi connectivity index (χ1) is 11.7. The van der Waals surface area contributed by atoms with E-state index in [4.69, 9.17) is 4.74 Å². The Morgan fingerprint density at radius 2 is 2.08 bits per heavy atom. The van der Waals surface area contributed by atoms with Crippen LogP contribution in [0.3, 0.4) is 0 Å². The standard InChI is InChI=1S/C17H23N5O2/c1-12-4-2-3-5-15(12)24-11-16(23)18-10-13-6-8-14(9-7-13)17-19-21-22-20-17/h6-9,12,15H,2-5,10-11H2,1H3,(H,18,23)(H,19,20,21,22)/t12-,15+/m0/s1. The first kappa shape index (κ1) is 16.6. The van der Waals surface area contributed by atoms with Gasteiger partial charge < -0.3 is 10.1 Å². The Morgan fingerprint density at radius 1 is 1.29 bits per heavy atom. The molecule has 1 heterocycles. The summed E-state index contributed by atoms with van der Waals surface area (Å²) in [6.45, 7) is 2.82. The summed E-state index contributed by atoms with van der Waals surface area (Å²) in [7, 11) is 0. The SMILES string of the molecule is C[C@H]1CCCC[C@H]1OCC(=O)NCc1ccc(-c2nn[nH]n2)cc1. The summed E-state index contributed by atoms with van der Waals surface area (Å²) < 4.78 is 5.77. The fourth-order valence-electron chi connectivity index (χ4n) is 3.02. The molecule has 0 bridgehead atoms. The minimum atomic E-state index is -0.0741. The largest absolute Gasteiger partial charge is 0.368 e. The van der Waals surface area contributed by atoms with Crippen LogP contribution in [-0.2, 0) is 16.1 Å². The first-order valence-electron chi connectivity index (χ1n) is 8.43. The summed E-state index contributed by atoms with van der Waals surface area (Å²) in [5, 5.41) is 16.7. The molecule has 1 aromatic carbocycles. The number of tetrazole rings is 1. The van der Waals surface area contributed by atoms with E-state index in [-0.39, 0.29) is 18.6 Å². The van der Waals surface area contributed by atoms with E-state index in [0.717, 1.165) is 17.5 Å². The molecule has 0 saturated heterocycles. The van der Waals surface area contributed by atoms with Crippen LogP contribution < -0.4 is 5.32 Å².